The number of carbonyl (C=O) groups excluding carboxylic acids is 1. The van der Waals surface area contributed by atoms with Gasteiger partial charge in [-0.25, -0.2) is 0 Å². The lowest BCUT2D eigenvalue weighted by Gasteiger charge is -2.34. The van der Waals surface area contributed by atoms with Gasteiger partial charge in [-0.1, -0.05) is 30.3 Å². The molecule has 1 fully saturated rings. The molecule has 1 aliphatic rings. The first kappa shape index (κ1) is 17.5. The summed E-state index contributed by atoms with van der Waals surface area (Å²) in [5.41, 5.74) is 4.31. The number of likely N-dealkylation sites (N-methyl/N-ethyl adjacent to an activating group) is 1. The minimum absolute atomic E-state index is 0.00663. The molecule has 0 saturated carbocycles. The SMILES string of the molecule is Cc1ccccc1C(=O)NCCc1ccc(N2CCN(C)CC2)cc1. The molecule has 1 heterocycles. The number of carbonyl (C=O) groups is 1. The molecule has 4 nitrogen and oxygen atoms in total. The van der Waals surface area contributed by atoms with Crippen molar-refractivity contribution in [1.82, 2.24) is 10.2 Å². The molecule has 1 aliphatic heterocycles. The van der Waals surface area contributed by atoms with Crippen LogP contribution in [0.4, 0.5) is 5.69 Å². The second kappa shape index (κ2) is 8.17. The van der Waals surface area contributed by atoms with Crippen LogP contribution >= 0.6 is 0 Å². The normalized spacial score (nSPS) is 15.2. The maximum atomic E-state index is 12.2. The maximum Gasteiger partial charge on any atom is 0.251 e. The third-order valence-electron chi connectivity index (χ3n) is 4.89. The molecular weight excluding hydrogens is 310 g/mol. The van der Waals surface area contributed by atoms with Gasteiger partial charge in [0, 0.05) is 44.0 Å². The summed E-state index contributed by atoms with van der Waals surface area (Å²) < 4.78 is 0. The van der Waals surface area contributed by atoms with E-state index in [-0.39, 0.29) is 5.91 Å². The molecule has 0 unspecified atom stereocenters. The fourth-order valence-electron chi connectivity index (χ4n) is 3.18. The van der Waals surface area contributed by atoms with Crippen molar-refractivity contribution < 1.29 is 4.79 Å². The van der Waals surface area contributed by atoms with Crippen molar-refractivity contribution in [3.05, 3.63) is 65.2 Å². The van der Waals surface area contributed by atoms with Crippen LogP contribution in [-0.2, 0) is 6.42 Å². The van der Waals surface area contributed by atoms with Gasteiger partial charge in [0.15, 0.2) is 0 Å². The molecule has 0 atom stereocenters. The number of piperazine rings is 1. The van der Waals surface area contributed by atoms with E-state index in [1.807, 2.05) is 31.2 Å². The fourth-order valence-corrected chi connectivity index (χ4v) is 3.18. The molecule has 2 aromatic rings. The third-order valence-corrected chi connectivity index (χ3v) is 4.89. The van der Waals surface area contributed by atoms with E-state index in [2.05, 4.69) is 46.4 Å². The van der Waals surface area contributed by atoms with Crippen LogP contribution < -0.4 is 10.2 Å². The Morgan fingerprint density at radius 3 is 2.36 bits per heavy atom. The summed E-state index contributed by atoms with van der Waals surface area (Å²) in [6, 6.07) is 16.4. The Labute approximate surface area is 150 Å². The van der Waals surface area contributed by atoms with E-state index in [0.29, 0.717) is 6.54 Å². The Morgan fingerprint density at radius 2 is 1.68 bits per heavy atom. The molecule has 25 heavy (non-hydrogen) atoms. The van der Waals surface area contributed by atoms with Gasteiger partial charge in [0.05, 0.1) is 0 Å². The first-order chi connectivity index (χ1) is 12.1. The molecule has 1 saturated heterocycles. The highest BCUT2D eigenvalue weighted by molar-refractivity contribution is 5.95. The summed E-state index contributed by atoms with van der Waals surface area (Å²) in [4.78, 5) is 17.0. The maximum absolute atomic E-state index is 12.2. The molecule has 0 radical (unpaired) electrons. The van der Waals surface area contributed by atoms with Gasteiger partial charge in [0.2, 0.25) is 0 Å². The van der Waals surface area contributed by atoms with Gasteiger partial charge in [0.25, 0.3) is 5.91 Å². The minimum atomic E-state index is 0.00663. The summed E-state index contributed by atoms with van der Waals surface area (Å²) >= 11 is 0. The molecule has 0 bridgehead atoms. The summed E-state index contributed by atoms with van der Waals surface area (Å²) in [7, 11) is 2.17. The number of hydrogen-bond acceptors (Lipinski definition) is 3. The summed E-state index contributed by atoms with van der Waals surface area (Å²) in [6.45, 7) is 7.02. The van der Waals surface area contributed by atoms with Crippen molar-refractivity contribution in [2.45, 2.75) is 13.3 Å². The van der Waals surface area contributed by atoms with Crippen LogP contribution in [0.15, 0.2) is 48.5 Å². The number of benzene rings is 2. The molecule has 0 aromatic heterocycles. The molecule has 1 amide bonds. The predicted octanol–water partition coefficient (Wildman–Crippen LogP) is 2.72. The summed E-state index contributed by atoms with van der Waals surface area (Å²) in [5, 5.41) is 3.02. The number of rotatable bonds is 5. The van der Waals surface area contributed by atoms with Crippen molar-refractivity contribution in [1.29, 1.82) is 0 Å². The Balaban J connectivity index is 1.49. The highest BCUT2D eigenvalue weighted by Crippen LogP contribution is 2.17. The number of hydrogen-bond donors (Lipinski definition) is 1. The van der Waals surface area contributed by atoms with Crippen molar-refractivity contribution in [2.24, 2.45) is 0 Å². The fraction of sp³-hybridized carbons (Fsp3) is 0.381. The lowest BCUT2D eigenvalue weighted by Crippen LogP contribution is -2.44. The highest BCUT2D eigenvalue weighted by Gasteiger charge is 2.14. The van der Waals surface area contributed by atoms with Gasteiger partial charge in [0.1, 0.15) is 0 Å². The van der Waals surface area contributed by atoms with Gasteiger partial charge in [-0.15, -0.1) is 0 Å². The largest absolute Gasteiger partial charge is 0.369 e. The van der Waals surface area contributed by atoms with E-state index < -0.39 is 0 Å². The van der Waals surface area contributed by atoms with E-state index in [1.54, 1.807) is 0 Å². The first-order valence-corrected chi connectivity index (χ1v) is 9.00. The lowest BCUT2D eigenvalue weighted by atomic mass is 10.1. The summed E-state index contributed by atoms with van der Waals surface area (Å²) in [5.74, 6) is 0.00663. The van der Waals surface area contributed by atoms with E-state index >= 15 is 0 Å². The lowest BCUT2D eigenvalue weighted by molar-refractivity contribution is 0.0953. The van der Waals surface area contributed by atoms with Crippen molar-refractivity contribution >= 4 is 11.6 Å². The average molecular weight is 337 g/mol. The number of amides is 1. The topological polar surface area (TPSA) is 35.6 Å². The average Bonchev–Trinajstić information content (AvgIpc) is 2.63. The Morgan fingerprint density at radius 1 is 1.00 bits per heavy atom. The molecule has 0 aliphatic carbocycles. The zero-order valence-corrected chi connectivity index (χ0v) is 15.2. The quantitative estimate of drug-likeness (QED) is 0.911. The van der Waals surface area contributed by atoms with Gasteiger partial charge in [-0.05, 0) is 49.7 Å². The van der Waals surface area contributed by atoms with Gasteiger partial charge in [-0.3, -0.25) is 4.79 Å². The van der Waals surface area contributed by atoms with E-state index in [9.17, 15) is 4.79 Å². The molecule has 1 N–H and O–H groups in total. The van der Waals surface area contributed by atoms with Crippen molar-refractivity contribution in [2.75, 3.05) is 44.7 Å². The van der Waals surface area contributed by atoms with Crippen LogP contribution in [0, 0.1) is 6.92 Å². The zero-order chi connectivity index (χ0) is 17.6. The van der Waals surface area contributed by atoms with Crippen LogP contribution in [0.1, 0.15) is 21.5 Å². The van der Waals surface area contributed by atoms with Gasteiger partial charge < -0.3 is 15.1 Å². The standard InChI is InChI=1S/C21H27N3O/c1-17-5-3-4-6-20(17)21(25)22-12-11-18-7-9-19(10-8-18)24-15-13-23(2)14-16-24/h3-10H,11-16H2,1-2H3,(H,22,25). The van der Waals surface area contributed by atoms with Crippen LogP contribution in [0.2, 0.25) is 0 Å². The second-order valence-corrected chi connectivity index (χ2v) is 6.78. The van der Waals surface area contributed by atoms with Crippen molar-refractivity contribution in [3.8, 4) is 0 Å². The Bertz CT molecular complexity index is 703. The van der Waals surface area contributed by atoms with Crippen LogP contribution in [0.5, 0.6) is 0 Å². The Hall–Kier alpha value is -2.33. The number of nitrogens with one attached hydrogen (secondary N) is 1. The van der Waals surface area contributed by atoms with Crippen LogP contribution in [0.25, 0.3) is 0 Å². The molecular formula is C21H27N3O. The smallest absolute Gasteiger partial charge is 0.251 e. The second-order valence-electron chi connectivity index (χ2n) is 6.78. The minimum Gasteiger partial charge on any atom is -0.369 e. The first-order valence-electron chi connectivity index (χ1n) is 9.00. The van der Waals surface area contributed by atoms with Gasteiger partial charge >= 0.3 is 0 Å². The van der Waals surface area contributed by atoms with E-state index in [0.717, 1.165) is 43.7 Å². The summed E-state index contributed by atoms with van der Waals surface area (Å²) in [6.07, 6.45) is 0.848. The molecule has 132 valence electrons. The molecule has 0 spiro atoms. The molecule has 2 aromatic carbocycles. The van der Waals surface area contributed by atoms with E-state index in [4.69, 9.17) is 0 Å². The highest BCUT2D eigenvalue weighted by atomic mass is 16.1. The molecule has 4 heteroatoms. The zero-order valence-electron chi connectivity index (χ0n) is 15.2. The van der Waals surface area contributed by atoms with Crippen LogP contribution in [0.3, 0.4) is 0 Å². The van der Waals surface area contributed by atoms with Crippen molar-refractivity contribution in [3.63, 3.8) is 0 Å². The number of anilines is 1. The number of aryl methyl sites for hydroxylation is 1. The van der Waals surface area contributed by atoms with E-state index in [1.165, 1.54) is 11.3 Å². The third kappa shape index (κ3) is 4.60. The number of nitrogens with zero attached hydrogens (tertiary/aromatic N) is 2. The van der Waals surface area contributed by atoms with Crippen LogP contribution in [-0.4, -0.2) is 50.6 Å². The Kier molecular flexibility index (Phi) is 5.71. The molecule has 3 rings (SSSR count). The monoisotopic (exact) mass is 337 g/mol. The van der Waals surface area contributed by atoms with Gasteiger partial charge in [-0.2, -0.15) is 0 Å². The predicted molar refractivity (Wildman–Crippen MR) is 103 cm³/mol.